The fourth-order valence-corrected chi connectivity index (χ4v) is 3.65. The van der Waals surface area contributed by atoms with Gasteiger partial charge in [-0.1, -0.05) is 34.7 Å². The van der Waals surface area contributed by atoms with E-state index in [-0.39, 0.29) is 12.1 Å². The van der Waals surface area contributed by atoms with Crippen LogP contribution in [-0.4, -0.2) is 9.86 Å². The normalized spacial score (nSPS) is 10.9. The number of carbonyl (C=O) groups excluding carboxylic acids is 1. The Labute approximate surface area is 144 Å². The molecule has 3 aromatic rings. The van der Waals surface area contributed by atoms with E-state index in [0.29, 0.717) is 25.8 Å². The van der Waals surface area contributed by atoms with Gasteiger partial charge >= 0.3 is 0 Å². The molecule has 1 heterocycles. The number of aromatic nitrogens is 1. The van der Waals surface area contributed by atoms with Crippen molar-refractivity contribution in [3.63, 3.8) is 0 Å². The predicted octanol–water partition coefficient (Wildman–Crippen LogP) is 4.15. The molecule has 1 N–H and O–H groups in total. The molecule has 0 fully saturated rings. The van der Waals surface area contributed by atoms with Gasteiger partial charge in [-0.25, -0.2) is 4.39 Å². The van der Waals surface area contributed by atoms with E-state index in [2.05, 4.69) is 5.32 Å². The minimum absolute atomic E-state index is 0.177. The van der Waals surface area contributed by atoms with E-state index < -0.39 is 11.7 Å². The van der Waals surface area contributed by atoms with Gasteiger partial charge in [0.2, 0.25) is 5.91 Å². The monoisotopic (exact) mass is 370 g/mol. The van der Waals surface area contributed by atoms with Crippen LogP contribution in [0.4, 0.5) is 10.1 Å². The van der Waals surface area contributed by atoms with Crippen LogP contribution in [0.25, 0.3) is 10.1 Å². The number of halogens is 3. The molecule has 23 heavy (non-hydrogen) atoms. The molecule has 0 radical (unpaired) electrons. The summed E-state index contributed by atoms with van der Waals surface area (Å²) in [6, 6.07) is 8.54. The highest BCUT2D eigenvalue weighted by Gasteiger charge is 2.12. The summed E-state index contributed by atoms with van der Waals surface area (Å²) in [4.78, 5) is 24.2. The first kappa shape index (κ1) is 16.0. The van der Waals surface area contributed by atoms with E-state index in [1.807, 2.05) is 0 Å². The molecule has 0 saturated carbocycles. The molecule has 0 aliphatic carbocycles. The van der Waals surface area contributed by atoms with E-state index in [4.69, 9.17) is 23.2 Å². The highest BCUT2D eigenvalue weighted by molar-refractivity contribution is 7.13. The predicted molar refractivity (Wildman–Crippen MR) is 91.1 cm³/mol. The molecule has 2 aromatic carbocycles. The second-order valence-corrected chi connectivity index (χ2v) is 6.72. The van der Waals surface area contributed by atoms with E-state index >= 15 is 0 Å². The summed E-state index contributed by atoms with van der Waals surface area (Å²) >= 11 is 12.8. The summed E-state index contributed by atoms with van der Waals surface area (Å²) < 4.78 is 15.0. The Bertz CT molecular complexity index is 948. The minimum Gasteiger partial charge on any atom is -0.324 e. The van der Waals surface area contributed by atoms with E-state index in [9.17, 15) is 14.0 Å². The fourth-order valence-electron chi connectivity index (χ4n) is 2.10. The number of nitrogens with zero attached hydrogens (tertiary/aromatic N) is 1. The molecule has 4 nitrogen and oxygen atoms in total. The van der Waals surface area contributed by atoms with Crippen molar-refractivity contribution in [3.8, 4) is 0 Å². The van der Waals surface area contributed by atoms with Crippen molar-refractivity contribution in [3.05, 3.63) is 62.6 Å². The maximum atomic E-state index is 13.2. The largest absolute Gasteiger partial charge is 0.324 e. The average molecular weight is 371 g/mol. The van der Waals surface area contributed by atoms with Gasteiger partial charge in [-0.15, -0.1) is 0 Å². The molecule has 118 valence electrons. The molecule has 0 bridgehead atoms. The molecular weight excluding hydrogens is 362 g/mol. The van der Waals surface area contributed by atoms with Crippen LogP contribution < -0.4 is 10.9 Å². The number of carbonyl (C=O) groups is 1. The van der Waals surface area contributed by atoms with Gasteiger partial charge in [-0.3, -0.25) is 13.5 Å². The number of benzene rings is 2. The van der Waals surface area contributed by atoms with E-state index in [1.54, 1.807) is 18.2 Å². The quantitative estimate of drug-likeness (QED) is 0.752. The number of rotatable bonds is 3. The van der Waals surface area contributed by atoms with Crippen molar-refractivity contribution in [2.75, 3.05) is 5.32 Å². The van der Waals surface area contributed by atoms with Crippen LogP contribution in [0.5, 0.6) is 0 Å². The van der Waals surface area contributed by atoms with Gasteiger partial charge < -0.3 is 5.32 Å². The van der Waals surface area contributed by atoms with Gasteiger partial charge in [0.1, 0.15) is 12.4 Å². The zero-order valence-corrected chi connectivity index (χ0v) is 13.8. The smallest absolute Gasteiger partial charge is 0.269 e. The van der Waals surface area contributed by atoms with Crippen molar-refractivity contribution < 1.29 is 9.18 Å². The lowest BCUT2D eigenvalue weighted by atomic mass is 10.3. The molecule has 0 saturated heterocycles. The minimum atomic E-state index is -0.427. The number of hydrogen-bond donors (Lipinski definition) is 1. The van der Waals surface area contributed by atoms with Crippen LogP contribution in [-0.2, 0) is 11.3 Å². The molecule has 8 heteroatoms. The lowest BCUT2D eigenvalue weighted by molar-refractivity contribution is -0.116. The molecular formula is C15H9Cl2FN2O2S. The van der Waals surface area contributed by atoms with Crippen molar-refractivity contribution in [1.29, 1.82) is 0 Å². The third-order valence-corrected chi connectivity index (χ3v) is 4.53. The Morgan fingerprint density at radius 1 is 1.17 bits per heavy atom. The van der Waals surface area contributed by atoms with Crippen LogP contribution in [0.1, 0.15) is 0 Å². The van der Waals surface area contributed by atoms with Gasteiger partial charge in [0.15, 0.2) is 0 Å². The van der Waals surface area contributed by atoms with Gasteiger partial charge in [-0.05, 0) is 36.4 Å². The number of amides is 1. The van der Waals surface area contributed by atoms with E-state index in [1.165, 1.54) is 22.2 Å². The summed E-state index contributed by atoms with van der Waals surface area (Å²) in [5.41, 5.74) is 0.108. The highest BCUT2D eigenvalue weighted by Crippen LogP contribution is 2.23. The number of anilines is 1. The van der Waals surface area contributed by atoms with Crippen LogP contribution in [0.3, 0.4) is 0 Å². The number of nitrogens with one attached hydrogen (secondary N) is 1. The second kappa shape index (κ2) is 6.31. The summed E-state index contributed by atoms with van der Waals surface area (Å²) in [5.74, 6) is -0.832. The Kier molecular flexibility index (Phi) is 4.39. The standard InChI is InChI=1S/C15H9Cl2FN2O2S/c16-8-3-9(17)5-11(4-8)19-14(21)7-20-15(22)12-2-1-10(18)6-13(12)23-20/h1-6H,7H2,(H,19,21). The van der Waals surface area contributed by atoms with Gasteiger partial charge in [0, 0.05) is 15.7 Å². The number of hydrogen-bond acceptors (Lipinski definition) is 3. The molecule has 1 amide bonds. The first-order chi connectivity index (χ1) is 10.9. The summed E-state index contributed by atoms with van der Waals surface area (Å²) in [6.07, 6.45) is 0. The van der Waals surface area contributed by atoms with Crippen molar-refractivity contribution in [2.45, 2.75) is 6.54 Å². The Morgan fingerprint density at radius 3 is 2.57 bits per heavy atom. The van der Waals surface area contributed by atoms with E-state index in [0.717, 1.165) is 11.5 Å². The molecule has 0 unspecified atom stereocenters. The van der Waals surface area contributed by atoms with Crippen LogP contribution >= 0.6 is 34.7 Å². The zero-order chi connectivity index (χ0) is 16.6. The van der Waals surface area contributed by atoms with Gasteiger partial charge in [0.25, 0.3) is 5.56 Å². The summed E-state index contributed by atoms with van der Waals surface area (Å²) in [5, 5.41) is 3.79. The maximum Gasteiger partial charge on any atom is 0.269 e. The highest BCUT2D eigenvalue weighted by atomic mass is 35.5. The SMILES string of the molecule is O=C(Cn1sc2cc(F)ccc2c1=O)Nc1cc(Cl)cc(Cl)c1. The molecule has 0 spiro atoms. The summed E-state index contributed by atoms with van der Waals surface area (Å²) in [6.45, 7) is -0.177. The topological polar surface area (TPSA) is 51.1 Å². The Hall–Kier alpha value is -1.89. The zero-order valence-electron chi connectivity index (χ0n) is 11.5. The molecule has 0 atom stereocenters. The first-order valence-electron chi connectivity index (χ1n) is 6.48. The van der Waals surface area contributed by atoms with Crippen molar-refractivity contribution >= 4 is 56.4 Å². The van der Waals surface area contributed by atoms with Crippen molar-refractivity contribution in [1.82, 2.24) is 3.96 Å². The lowest BCUT2D eigenvalue weighted by Gasteiger charge is -2.06. The summed E-state index contributed by atoms with van der Waals surface area (Å²) in [7, 11) is 0. The van der Waals surface area contributed by atoms with Crippen LogP contribution in [0.2, 0.25) is 10.0 Å². The third kappa shape index (κ3) is 3.55. The van der Waals surface area contributed by atoms with Crippen LogP contribution in [0, 0.1) is 5.82 Å². The molecule has 1 aromatic heterocycles. The van der Waals surface area contributed by atoms with Gasteiger partial charge in [0.05, 0.1) is 10.1 Å². The van der Waals surface area contributed by atoms with Crippen LogP contribution in [0.15, 0.2) is 41.2 Å². The molecule has 3 rings (SSSR count). The van der Waals surface area contributed by atoms with Gasteiger partial charge in [-0.2, -0.15) is 0 Å². The average Bonchev–Trinajstić information content (AvgIpc) is 2.73. The second-order valence-electron chi connectivity index (χ2n) is 4.78. The Morgan fingerprint density at radius 2 is 1.87 bits per heavy atom. The number of fused-ring (bicyclic) bond motifs is 1. The Balaban J connectivity index is 1.83. The maximum absolute atomic E-state index is 13.2. The molecule has 0 aliphatic rings. The molecule has 0 aliphatic heterocycles. The first-order valence-corrected chi connectivity index (χ1v) is 8.00. The third-order valence-electron chi connectivity index (χ3n) is 3.04. The fraction of sp³-hybridized carbons (Fsp3) is 0.0667. The van der Waals surface area contributed by atoms with Crippen molar-refractivity contribution in [2.24, 2.45) is 0 Å². The lowest BCUT2D eigenvalue weighted by Crippen LogP contribution is -2.23.